The summed E-state index contributed by atoms with van der Waals surface area (Å²) in [6.45, 7) is 0.718. The molecule has 1 atom stereocenters. The Balaban J connectivity index is 1.85. The van der Waals surface area contributed by atoms with Crippen LogP contribution in [0.5, 0.6) is 0 Å². The highest BCUT2D eigenvalue weighted by Crippen LogP contribution is 2.38. The summed E-state index contributed by atoms with van der Waals surface area (Å²) in [5, 5.41) is -0.0393. The first-order valence-electron chi connectivity index (χ1n) is 5.36. The Labute approximate surface area is 103 Å². The summed E-state index contributed by atoms with van der Waals surface area (Å²) in [7, 11) is 0. The summed E-state index contributed by atoms with van der Waals surface area (Å²) < 4.78 is 10.5. The smallest absolute Gasteiger partial charge is 0.290 e. The lowest BCUT2D eigenvalue weighted by Gasteiger charge is -2.20. The molecule has 0 radical (unpaired) electrons. The van der Waals surface area contributed by atoms with Gasteiger partial charge in [-0.3, -0.25) is 4.79 Å². The molecule has 1 aliphatic heterocycles. The molecule has 2 aromatic heterocycles. The Hall–Kier alpha value is -1.62. The molecule has 1 unspecified atom stereocenters. The fourth-order valence-electron chi connectivity index (χ4n) is 1.89. The van der Waals surface area contributed by atoms with E-state index in [1.165, 1.54) is 6.26 Å². The molecule has 0 aromatic carbocycles. The first-order valence-corrected chi connectivity index (χ1v) is 6.40. The van der Waals surface area contributed by atoms with Crippen LogP contribution in [-0.4, -0.2) is 23.1 Å². The zero-order chi connectivity index (χ0) is 11.7. The number of rotatable bonds is 2. The predicted molar refractivity (Wildman–Crippen MR) is 63.7 cm³/mol. The van der Waals surface area contributed by atoms with Crippen LogP contribution in [0, 0.1) is 0 Å². The lowest BCUT2D eigenvalue weighted by molar-refractivity contribution is 0.0717. The standard InChI is InChI=1S/C12H11NO3S/c14-11(9-3-1-6-15-9)13-5-8-17-12(13)10-4-2-7-16-10/h1-4,6-7,12H,5,8H2. The van der Waals surface area contributed by atoms with Crippen LogP contribution in [-0.2, 0) is 0 Å². The maximum atomic E-state index is 12.2. The van der Waals surface area contributed by atoms with Gasteiger partial charge in [0.25, 0.3) is 5.91 Å². The number of carbonyl (C=O) groups is 1. The molecule has 0 saturated carbocycles. The Morgan fingerprint density at radius 3 is 2.82 bits per heavy atom. The van der Waals surface area contributed by atoms with Gasteiger partial charge in [-0.1, -0.05) is 0 Å². The van der Waals surface area contributed by atoms with E-state index < -0.39 is 0 Å². The third-order valence-electron chi connectivity index (χ3n) is 2.67. The quantitative estimate of drug-likeness (QED) is 0.821. The van der Waals surface area contributed by atoms with E-state index in [0.717, 1.165) is 18.1 Å². The normalized spacial score (nSPS) is 19.8. The average molecular weight is 249 g/mol. The van der Waals surface area contributed by atoms with E-state index in [1.54, 1.807) is 35.1 Å². The van der Waals surface area contributed by atoms with E-state index in [9.17, 15) is 4.79 Å². The van der Waals surface area contributed by atoms with Crippen LogP contribution in [0.3, 0.4) is 0 Å². The molecule has 0 N–H and O–H groups in total. The van der Waals surface area contributed by atoms with Crippen molar-refractivity contribution in [2.45, 2.75) is 5.37 Å². The number of amides is 1. The molecule has 1 aliphatic rings. The summed E-state index contributed by atoms with van der Waals surface area (Å²) in [6.07, 6.45) is 3.14. The topological polar surface area (TPSA) is 46.6 Å². The molecular weight excluding hydrogens is 238 g/mol. The van der Waals surface area contributed by atoms with Gasteiger partial charge < -0.3 is 13.7 Å². The fourth-order valence-corrected chi connectivity index (χ4v) is 3.09. The van der Waals surface area contributed by atoms with Gasteiger partial charge in [0.1, 0.15) is 11.1 Å². The van der Waals surface area contributed by atoms with E-state index in [4.69, 9.17) is 8.83 Å². The number of hydrogen-bond acceptors (Lipinski definition) is 4. The van der Waals surface area contributed by atoms with Crippen LogP contribution in [0.2, 0.25) is 0 Å². The van der Waals surface area contributed by atoms with Gasteiger partial charge in [0.15, 0.2) is 5.76 Å². The van der Waals surface area contributed by atoms with E-state index in [-0.39, 0.29) is 11.3 Å². The molecule has 3 rings (SSSR count). The molecule has 5 heteroatoms. The number of hydrogen-bond donors (Lipinski definition) is 0. The van der Waals surface area contributed by atoms with Gasteiger partial charge in [-0.25, -0.2) is 0 Å². The Kier molecular flexibility index (Phi) is 2.68. The van der Waals surface area contributed by atoms with Crippen molar-refractivity contribution in [2.24, 2.45) is 0 Å². The second-order valence-corrected chi connectivity index (χ2v) is 4.90. The first-order chi connectivity index (χ1) is 8.36. The highest BCUT2D eigenvalue weighted by atomic mass is 32.2. The first kappa shape index (κ1) is 10.5. The van der Waals surface area contributed by atoms with Crippen LogP contribution in [0.1, 0.15) is 21.7 Å². The van der Waals surface area contributed by atoms with Gasteiger partial charge in [-0.2, -0.15) is 0 Å². The third-order valence-corrected chi connectivity index (χ3v) is 3.89. The molecule has 1 amide bonds. The van der Waals surface area contributed by atoms with Crippen molar-refractivity contribution in [1.29, 1.82) is 0 Å². The maximum Gasteiger partial charge on any atom is 0.290 e. The molecule has 2 aromatic rings. The predicted octanol–water partition coefficient (Wildman–Crippen LogP) is 2.76. The molecule has 3 heterocycles. The summed E-state index contributed by atoms with van der Waals surface area (Å²) in [5.74, 6) is 2.02. The minimum absolute atomic E-state index is 0.0393. The average Bonchev–Trinajstić information content (AvgIpc) is 3.09. The molecular formula is C12H11NO3S. The molecule has 17 heavy (non-hydrogen) atoms. The summed E-state index contributed by atoms with van der Waals surface area (Å²) in [4.78, 5) is 14.0. The zero-order valence-electron chi connectivity index (χ0n) is 9.04. The monoisotopic (exact) mass is 249 g/mol. The number of nitrogens with zero attached hydrogens (tertiary/aromatic N) is 1. The van der Waals surface area contributed by atoms with Crippen molar-refractivity contribution in [2.75, 3.05) is 12.3 Å². The van der Waals surface area contributed by atoms with Gasteiger partial charge >= 0.3 is 0 Å². The van der Waals surface area contributed by atoms with Crippen molar-refractivity contribution in [3.63, 3.8) is 0 Å². The minimum Gasteiger partial charge on any atom is -0.466 e. The minimum atomic E-state index is -0.0820. The van der Waals surface area contributed by atoms with Gasteiger partial charge in [-0.15, -0.1) is 11.8 Å². The van der Waals surface area contributed by atoms with E-state index >= 15 is 0 Å². The van der Waals surface area contributed by atoms with E-state index in [2.05, 4.69) is 0 Å². The van der Waals surface area contributed by atoms with Crippen molar-refractivity contribution in [3.8, 4) is 0 Å². The van der Waals surface area contributed by atoms with Gasteiger partial charge in [0.2, 0.25) is 0 Å². The highest BCUT2D eigenvalue weighted by Gasteiger charge is 2.33. The molecule has 0 spiro atoms. The number of furan rings is 2. The Morgan fingerprint density at radius 1 is 1.29 bits per heavy atom. The molecule has 1 saturated heterocycles. The fraction of sp³-hybridized carbons (Fsp3) is 0.250. The van der Waals surface area contributed by atoms with Crippen molar-refractivity contribution < 1.29 is 13.6 Å². The maximum absolute atomic E-state index is 12.2. The summed E-state index contributed by atoms with van der Waals surface area (Å²) in [5.41, 5.74) is 0. The van der Waals surface area contributed by atoms with Crippen LogP contribution >= 0.6 is 11.8 Å². The van der Waals surface area contributed by atoms with E-state index in [0.29, 0.717) is 5.76 Å². The molecule has 88 valence electrons. The Morgan fingerprint density at radius 2 is 2.12 bits per heavy atom. The van der Waals surface area contributed by atoms with Gasteiger partial charge in [0.05, 0.1) is 12.5 Å². The second-order valence-electron chi connectivity index (χ2n) is 3.71. The van der Waals surface area contributed by atoms with E-state index in [1.807, 2.05) is 12.1 Å². The molecule has 0 bridgehead atoms. The lowest BCUT2D eigenvalue weighted by Crippen LogP contribution is -2.29. The van der Waals surface area contributed by atoms with Gasteiger partial charge in [-0.05, 0) is 24.3 Å². The van der Waals surface area contributed by atoms with Crippen molar-refractivity contribution >= 4 is 17.7 Å². The zero-order valence-corrected chi connectivity index (χ0v) is 9.85. The van der Waals surface area contributed by atoms with Crippen LogP contribution in [0.25, 0.3) is 0 Å². The van der Waals surface area contributed by atoms with Crippen molar-refractivity contribution in [3.05, 3.63) is 48.3 Å². The summed E-state index contributed by atoms with van der Waals surface area (Å²) >= 11 is 1.70. The van der Waals surface area contributed by atoms with Crippen LogP contribution in [0.4, 0.5) is 0 Å². The molecule has 0 aliphatic carbocycles. The molecule has 4 nitrogen and oxygen atoms in total. The largest absolute Gasteiger partial charge is 0.466 e. The number of thioether (sulfide) groups is 1. The van der Waals surface area contributed by atoms with Crippen LogP contribution < -0.4 is 0 Å². The molecule has 1 fully saturated rings. The summed E-state index contributed by atoms with van der Waals surface area (Å²) in [6, 6.07) is 7.14. The van der Waals surface area contributed by atoms with Crippen LogP contribution in [0.15, 0.2) is 45.6 Å². The Bertz CT molecular complexity index is 492. The highest BCUT2D eigenvalue weighted by molar-refractivity contribution is 7.99. The second kappa shape index (κ2) is 4.33. The third kappa shape index (κ3) is 1.86. The number of carbonyl (C=O) groups excluding carboxylic acids is 1. The van der Waals surface area contributed by atoms with Crippen molar-refractivity contribution in [1.82, 2.24) is 4.90 Å². The SMILES string of the molecule is O=C(c1ccco1)N1CCSC1c1ccco1. The van der Waals surface area contributed by atoms with Gasteiger partial charge in [0, 0.05) is 12.3 Å². The lowest BCUT2D eigenvalue weighted by atomic mass is 10.3.